The molecule has 0 aromatic heterocycles. The van der Waals surface area contributed by atoms with Crippen LogP contribution in [0.15, 0.2) is 22.2 Å². The third kappa shape index (κ3) is 4.09. The van der Waals surface area contributed by atoms with Crippen LogP contribution in [0.5, 0.6) is 0 Å². The molecule has 0 bridgehead atoms. The summed E-state index contributed by atoms with van der Waals surface area (Å²) in [6.07, 6.45) is 9.42. The molecule has 1 heterocycles. The van der Waals surface area contributed by atoms with E-state index in [1.54, 1.807) is 12.3 Å². The lowest BCUT2D eigenvalue weighted by Crippen LogP contribution is -2.13. The van der Waals surface area contributed by atoms with Gasteiger partial charge in [0.25, 0.3) is 5.70 Å². The van der Waals surface area contributed by atoms with E-state index >= 15 is 0 Å². The number of thioether (sulfide) groups is 2. The Balaban J connectivity index is 2.81. The molecule has 0 aliphatic carbocycles. The fourth-order valence-corrected chi connectivity index (χ4v) is 2.66. The van der Waals surface area contributed by atoms with Crippen LogP contribution in [-0.2, 0) is 0 Å². The second-order valence-electron chi connectivity index (χ2n) is 3.43. The molecule has 0 spiro atoms. The van der Waals surface area contributed by atoms with Gasteiger partial charge in [-0.3, -0.25) is 10.1 Å². The summed E-state index contributed by atoms with van der Waals surface area (Å²) in [7, 11) is 0. The molecule has 6 heteroatoms. The average Bonchev–Trinajstić information content (AvgIpc) is 2.76. The first kappa shape index (κ1) is 13.4. The Hall–Kier alpha value is -0.620. The quantitative estimate of drug-likeness (QED) is 0.432. The molecule has 1 aliphatic heterocycles. The summed E-state index contributed by atoms with van der Waals surface area (Å²) in [4.78, 5) is 12.6. The van der Waals surface area contributed by atoms with Crippen LogP contribution < -0.4 is 0 Å². The van der Waals surface area contributed by atoms with Crippen LogP contribution in [0.2, 0.25) is 0 Å². The highest BCUT2D eigenvalue weighted by Gasteiger charge is 2.14. The average molecular weight is 260 g/mol. The second-order valence-corrected chi connectivity index (χ2v) is 5.38. The number of nitrogens with zero attached hydrogens (tertiary/aromatic N) is 2. The molecule has 90 valence electrons. The molecule has 0 atom stereocenters. The zero-order valence-electron chi connectivity index (χ0n) is 9.51. The maximum absolute atomic E-state index is 10.9. The van der Waals surface area contributed by atoms with Crippen molar-refractivity contribution < 1.29 is 4.92 Å². The standard InChI is InChI=1S/C10H16N2O2S2/c1-15-10(16-2)7-9(12(13)14)8-11-5-3-4-6-11/h7-8H,3-6H2,1-2H3/b9-8+. The first-order valence-corrected chi connectivity index (χ1v) is 7.52. The normalized spacial score (nSPS) is 16.4. The smallest absolute Gasteiger partial charge is 0.286 e. The molecular weight excluding hydrogens is 244 g/mol. The summed E-state index contributed by atoms with van der Waals surface area (Å²) < 4.78 is 0.960. The Labute approximate surface area is 104 Å². The molecule has 0 aromatic rings. The lowest BCUT2D eigenvalue weighted by Gasteiger charge is -2.09. The molecule has 1 fully saturated rings. The number of likely N-dealkylation sites (tertiary alicyclic amines) is 1. The molecule has 1 rings (SSSR count). The SMILES string of the molecule is CSC(=C/C(=C\N1CCCC1)[N+](=O)[O-])SC. The van der Waals surface area contributed by atoms with Gasteiger partial charge in [0.05, 0.1) is 11.1 Å². The van der Waals surface area contributed by atoms with Crippen molar-refractivity contribution in [2.45, 2.75) is 12.8 Å². The summed E-state index contributed by atoms with van der Waals surface area (Å²) >= 11 is 3.07. The van der Waals surface area contributed by atoms with Gasteiger partial charge in [0.1, 0.15) is 0 Å². The van der Waals surface area contributed by atoms with Crippen LogP contribution in [0.25, 0.3) is 0 Å². The maximum Gasteiger partial charge on any atom is 0.286 e. The van der Waals surface area contributed by atoms with E-state index in [1.165, 1.54) is 23.5 Å². The highest BCUT2D eigenvalue weighted by atomic mass is 32.2. The second kappa shape index (κ2) is 6.85. The lowest BCUT2D eigenvalue weighted by atomic mass is 10.4. The van der Waals surface area contributed by atoms with Crippen molar-refractivity contribution in [3.8, 4) is 0 Å². The molecule has 4 nitrogen and oxygen atoms in total. The highest BCUT2D eigenvalue weighted by Crippen LogP contribution is 2.25. The maximum atomic E-state index is 10.9. The Bertz CT molecular complexity index is 304. The van der Waals surface area contributed by atoms with Gasteiger partial charge in [-0.15, -0.1) is 23.5 Å². The predicted octanol–water partition coefficient (Wildman–Crippen LogP) is 2.77. The predicted molar refractivity (Wildman–Crippen MR) is 71.0 cm³/mol. The lowest BCUT2D eigenvalue weighted by molar-refractivity contribution is -0.420. The Morgan fingerprint density at radius 2 is 1.88 bits per heavy atom. The first-order chi connectivity index (χ1) is 7.67. The van der Waals surface area contributed by atoms with Gasteiger partial charge in [0.2, 0.25) is 0 Å². The minimum Gasteiger partial charge on any atom is -0.372 e. The van der Waals surface area contributed by atoms with Gasteiger partial charge < -0.3 is 4.90 Å². The Morgan fingerprint density at radius 3 is 2.31 bits per heavy atom. The van der Waals surface area contributed by atoms with E-state index in [2.05, 4.69) is 0 Å². The fraction of sp³-hybridized carbons (Fsp3) is 0.600. The number of hydrogen-bond acceptors (Lipinski definition) is 5. The zero-order chi connectivity index (χ0) is 12.0. The Morgan fingerprint density at radius 1 is 1.31 bits per heavy atom. The van der Waals surface area contributed by atoms with Crippen molar-refractivity contribution in [2.75, 3.05) is 25.6 Å². The molecule has 0 N–H and O–H groups in total. The van der Waals surface area contributed by atoms with E-state index in [4.69, 9.17) is 0 Å². The van der Waals surface area contributed by atoms with E-state index in [0.29, 0.717) is 0 Å². The summed E-state index contributed by atoms with van der Waals surface area (Å²) in [5, 5.41) is 10.9. The van der Waals surface area contributed by atoms with Gasteiger partial charge >= 0.3 is 0 Å². The van der Waals surface area contributed by atoms with E-state index in [9.17, 15) is 10.1 Å². The minimum absolute atomic E-state index is 0.181. The molecule has 0 unspecified atom stereocenters. The van der Waals surface area contributed by atoms with Crippen LogP contribution in [0, 0.1) is 10.1 Å². The van der Waals surface area contributed by atoms with Crippen LogP contribution in [0.1, 0.15) is 12.8 Å². The number of allylic oxidation sites excluding steroid dienone is 1. The van der Waals surface area contributed by atoms with Gasteiger partial charge in [-0.2, -0.15) is 0 Å². The molecule has 1 aliphatic rings. The summed E-state index contributed by atoms with van der Waals surface area (Å²) in [6.45, 7) is 1.86. The molecule has 16 heavy (non-hydrogen) atoms. The van der Waals surface area contributed by atoms with E-state index in [-0.39, 0.29) is 10.6 Å². The third-order valence-electron chi connectivity index (χ3n) is 2.33. The molecule has 0 amide bonds. The zero-order valence-corrected chi connectivity index (χ0v) is 11.1. The van der Waals surface area contributed by atoms with Crippen LogP contribution in [0.3, 0.4) is 0 Å². The number of rotatable bonds is 5. The molecule has 0 radical (unpaired) electrons. The van der Waals surface area contributed by atoms with Crippen molar-refractivity contribution in [2.24, 2.45) is 0 Å². The largest absolute Gasteiger partial charge is 0.372 e. The molecule has 0 saturated carbocycles. The van der Waals surface area contributed by atoms with Crippen LogP contribution >= 0.6 is 23.5 Å². The molecule has 1 saturated heterocycles. The van der Waals surface area contributed by atoms with Gasteiger partial charge in [-0.25, -0.2) is 0 Å². The summed E-state index contributed by atoms with van der Waals surface area (Å²) in [6, 6.07) is 0. The minimum atomic E-state index is -0.315. The van der Waals surface area contributed by atoms with Gasteiger partial charge in [0, 0.05) is 23.4 Å². The highest BCUT2D eigenvalue weighted by molar-refractivity contribution is 8.21. The van der Waals surface area contributed by atoms with Gasteiger partial charge in [-0.05, 0) is 25.4 Å². The van der Waals surface area contributed by atoms with Crippen LogP contribution in [-0.4, -0.2) is 35.4 Å². The number of nitro groups is 1. The fourth-order valence-electron chi connectivity index (χ4n) is 1.52. The number of hydrogen-bond donors (Lipinski definition) is 0. The molecule has 0 aromatic carbocycles. The third-order valence-corrected chi connectivity index (χ3v) is 4.37. The van der Waals surface area contributed by atoms with Crippen molar-refractivity contribution >= 4 is 23.5 Å². The monoisotopic (exact) mass is 260 g/mol. The van der Waals surface area contributed by atoms with Crippen molar-refractivity contribution in [1.82, 2.24) is 4.90 Å². The Kier molecular flexibility index (Phi) is 5.76. The summed E-state index contributed by atoms with van der Waals surface area (Å²) in [5.74, 6) is 0. The van der Waals surface area contributed by atoms with Crippen molar-refractivity contribution in [3.05, 3.63) is 32.3 Å². The summed E-state index contributed by atoms with van der Waals surface area (Å²) in [5.41, 5.74) is 0.181. The van der Waals surface area contributed by atoms with Crippen molar-refractivity contribution in [3.63, 3.8) is 0 Å². The van der Waals surface area contributed by atoms with Crippen molar-refractivity contribution in [1.29, 1.82) is 0 Å². The van der Waals surface area contributed by atoms with Crippen LogP contribution in [0.4, 0.5) is 0 Å². The topological polar surface area (TPSA) is 46.4 Å². The van der Waals surface area contributed by atoms with E-state index in [1.807, 2.05) is 17.4 Å². The first-order valence-electron chi connectivity index (χ1n) is 5.07. The molecular formula is C10H16N2O2S2. The van der Waals surface area contributed by atoms with Gasteiger partial charge in [-0.1, -0.05) is 0 Å². The van der Waals surface area contributed by atoms with Gasteiger partial charge in [0.15, 0.2) is 0 Å². The van der Waals surface area contributed by atoms with E-state index in [0.717, 1.165) is 30.2 Å². The van der Waals surface area contributed by atoms with E-state index < -0.39 is 0 Å².